The van der Waals surface area contributed by atoms with Crippen molar-refractivity contribution < 1.29 is 4.74 Å². The third-order valence-electron chi connectivity index (χ3n) is 2.55. The molecule has 0 spiro atoms. The Bertz CT molecular complexity index is 303. The molecule has 1 aromatic carbocycles. The molecule has 76 valence electrons. The summed E-state index contributed by atoms with van der Waals surface area (Å²) in [7, 11) is 0. The smallest absolute Gasteiger partial charge is 0.121 e. The van der Waals surface area contributed by atoms with Crippen LogP contribution in [0.2, 0.25) is 0 Å². The first kappa shape index (κ1) is 10.7. The third kappa shape index (κ3) is 2.86. The molecule has 0 bridgehead atoms. The van der Waals surface area contributed by atoms with Crippen molar-refractivity contribution in [3.05, 3.63) is 26.2 Å². The summed E-state index contributed by atoms with van der Waals surface area (Å²) in [4.78, 5) is 0. The lowest BCUT2D eigenvalue weighted by atomic mass is 9.86. The van der Waals surface area contributed by atoms with Gasteiger partial charge in [-0.3, -0.25) is 0 Å². The molecule has 1 nitrogen and oxygen atoms in total. The molecule has 0 aromatic heterocycles. The summed E-state index contributed by atoms with van der Waals surface area (Å²) in [6, 6.07) is 6.18. The van der Waals surface area contributed by atoms with Crippen molar-refractivity contribution in [1.82, 2.24) is 0 Å². The Morgan fingerprint density at radius 1 is 1.36 bits per heavy atom. The van der Waals surface area contributed by atoms with Gasteiger partial charge in [-0.25, -0.2) is 0 Å². The molecule has 1 aliphatic rings. The van der Waals surface area contributed by atoms with Crippen LogP contribution in [0, 0.1) is 9.49 Å². The molecule has 14 heavy (non-hydrogen) atoms. The minimum absolute atomic E-state index is 0.798. The largest absolute Gasteiger partial charge is 0.493 e. The van der Waals surface area contributed by atoms with Crippen molar-refractivity contribution in [3.8, 4) is 5.75 Å². The highest BCUT2D eigenvalue weighted by Crippen LogP contribution is 2.28. The molecule has 0 aliphatic heterocycles. The van der Waals surface area contributed by atoms with Crippen LogP contribution < -0.4 is 4.74 Å². The van der Waals surface area contributed by atoms with Crippen LogP contribution in [0.15, 0.2) is 22.7 Å². The fraction of sp³-hybridized carbons (Fsp3) is 0.455. The monoisotopic (exact) mass is 366 g/mol. The Balaban J connectivity index is 1.94. The minimum atomic E-state index is 0.798. The van der Waals surface area contributed by atoms with Crippen molar-refractivity contribution in [2.45, 2.75) is 19.3 Å². The SMILES string of the molecule is Brc1cc(I)cc(OCC2CCC2)c1. The molecular formula is C11H12BrIO. The van der Waals surface area contributed by atoms with Gasteiger partial charge < -0.3 is 4.74 Å². The number of halogens is 2. The van der Waals surface area contributed by atoms with Crippen LogP contribution in [0.1, 0.15) is 19.3 Å². The maximum atomic E-state index is 5.74. The standard InChI is InChI=1S/C11H12BrIO/c12-9-4-10(13)6-11(5-9)14-7-8-2-1-3-8/h4-6,8H,1-3,7H2. The lowest BCUT2D eigenvalue weighted by Gasteiger charge is -2.25. The first-order valence-electron chi connectivity index (χ1n) is 4.83. The first-order valence-corrected chi connectivity index (χ1v) is 6.70. The van der Waals surface area contributed by atoms with Gasteiger partial charge in [-0.2, -0.15) is 0 Å². The summed E-state index contributed by atoms with van der Waals surface area (Å²) < 4.78 is 8.04. The predicted octanol–water partition coefficient (Wildman–Crippen LogP) is 4.23. The van der Waals surface area contributed by atoms with Gasteiger partial charge in [0.05, 0.1) is 6.61 Å². The average molecular weight is 367 g/mol. The fourth-order valence-corrected chi connectivity index (χ4v) is 3.03. The van der Waals surface area contributed by atoms with Crippen LogP contribution in [0.3, 0.4) is 0 Å². The first-order chi connectivity index (χ1) is 6.74. The van der Waals surface area contributed by atoms with Gasteiger partial charge in [0, 0.05) is 8.04 Å². The van der Waals surface area contributed by atoms with E-state index in [0.29, 0.717) is 0 Å². The Kier molecular flexibility index (Phi) is 3.71. The Labute approximate surface area is 106 Å². The fourth-order valence-electron chi connectivity index (χ4n) is 1.49. The second kappa shape index (κ2) is 4.84. The molecule has 0 amide bonds. The second-order valence-corrected chi connectivity index (χ2v) is 5.87. The highest BCUT2D eigenvalue weighted by molar-refractivity contribution is 14.1. The molecule has 3 heteroatoms. The molecule has 0 heterocycles. The van der Waals surface area contributed by atoms with Crippen molar-refractivity contribution in [3.63, 3.8) is 0 Å². The molecule has 1 aliphatic carbocycles. The summed E-state index contributed by atoms with van der Waals surface area (Å²) in [6.45, 7) is 0.881. The molecule has 0 unspecified atom stereocenters. The molecule has 2 rings (SSSR count). The van der Waals surface area contributed by atoms with Gasteiger partial charge in [-0.15, -0.1) is 0 Å². The van der Waals surface area contributed by atoms with Gasteiger partial charge in [0.15, 0.2) is 0 Å². The van der Waals surface area contributed by atoms with Crippen molar-refractivity contribution >= 4 is 38.5 Å². The van der Waals surface area contributed by atoms with Gasteiger partial charge in [0.2, 0.25) is 0 Å². The van der Waals surface area contributed by atoms with Crippen LogP contribution in [-0.2, 0) is 0 Å². The highest BCUT2D eigenvalue weighted by atomic mass is 127. The molecular weight excluding hydrogens is 355 g/mol. The van der Waals surface area contributed by atoms with Gasteiger partial charge in [0.25, 0.3) is 0 Å². The maximum absolute atomic E-state index is 5.74. The third-order valence-corrected chi connectivity index (χ3v) is 3.63. The maximum Gasteiger partial charge on any atom is 0.121 e. The topological polar surface area (TPSA) is 9.23 Å². The van der Waals surface area contributed by atoms with Crippen LogP contribution in [0.4, 0.5) is 0 Å². The predicted molar refractivity (Wildman–Crippen MR) is 69.7 cm³/mol. The van der Waals surface area contributed by atoms with E-state index >= 15 is 0 Å². The van der Waals surface area contributed by atoms with Crippen LogP contribution in [-0.4, -0.2) is 6.61 Å². The van der Waals surface area contributed by atoms with Crippen molar-refractivity contribution in [1.29, 1.82) is 0 Å². The Hall–Kier alpha value is 0.230. The lowest BCUT2D eigenvalue weighted by molar-refractivity contribution is 0.180. The van der Waals surface area contributed by atoms with E-state index in [1.165, 1.54) is 22.8 Å². The van der Waals surface area contributed by atoms with Crippen LogP contribution in [0.25, 0.3) is 0 Å². The summed E-state index contributed by atoms with van der Waals surface area (Å²) >= 11 is 5.77. The molecule has 0 atom stereocenters. The zero-order valence-corrected chi connectivity index (χ0v) is 11.5. The van der Waals surface area contributed by atoms with E-state index in [9.17, 15) is 0 Å². The Morgan fingerprint density at radius 2 is 2.14 bits per heavy atom. The van der Waals surface area contributed by atoms with Gasteiger partial charge >= 0.3 is 0 Å². The number of ether oxygens (including phenoxy) is 1. The molecule has 0 radical (unpaired) electrons. The van der Waals surface area contributed by atoms with E-state index in [2.05, 4.69) is 50.7 Å². The zero-order valence-electron chi connectivity index (χ0n) is 7.80. The van der Waals surface area contributed by atoms with Gasteiger partial charge in [-0.1, -0.05) is 22.4 Å². The quantitative estimate of drug-likeness (QED) is 0.727. The molecule has 1 aromatic rings. The van der Waals surface area contributed by atoms with E-state index in [1.807, 2.05) is 6.07 Å². The van der Waals surface area contributed by atoms with E-state index in [1.54, 1.807) is 0 Å². The number of rotatable bonds is 3. The number of benzene rings is 1. The summed E-state index contributed by atoms with van der Waals surface area (Å²) in [5.41, 5.74) is 0. The van der Waals surface area contributed by atoms with Crippen LogP contribution in [0.5, 0.6) is 5.75 Å². The van der Waals surface area contributed by atoms with E-state index in [-0.39, 0.29) is 0 Å². The van der Waals surface area contributed by atoms with Crippen molar-refractivity contribution in [2.75, 3.05) is 6.61 Å². The summed E-state index contributed by atoms with van der Waals surface area (Å²) in [6.07, 6.45) is 4.06. The highest BCUT2D eigenvalue weighted by Gasteiger charge is 2.17. The summed E-state index contributed by atoms with van der Waals surface area (Å²) in [5.74, 6) is 1.78. The zero-order chi connectivity index (χ0) is 9.97. The van der Waals surface area contributed by atoms with E-state index in [0.717, 1.165) is 22.7 Å². The second-order valence-electron chi connectivity index (χ2n) is 3.71. The van der Waals surface area contributed by atoms with Crippen molar-refractivity contribution in [2.24, 2.45) is 5.92 Å². The van der Waals surface area contributed by atoms with E-state index in [4.69, 9.17) is 4.74 Å². The Morgan fingerprint density at radius 3 is 2.71 bits per heavy atom. The molecule has 0 saturated heterocycles. The number of hydrogen-bond donors (Lipinski definition) is 0. The normalized spacial score (nSPS) is 16.4. The molecule has 1 fully saturated rings. The number of hydrogen-bond acceptors (Lipinski definition) is 1. The lowest BCUT2D eigenvalue weighted by Crippen LogP contribution is -2.19. The minimum Gasteiger partial charge on any atom is -0.493 e. The van der Waals surface area contributed by atoms with Gasteiger partial charge in [-0.05, 0) is 59.5 Å². The van der Waals surface area contributed by atoms with Crippen LogP contribution >= 0.6 is 38.5 Å². The summed E-state index contributed by atoms with van der Waals surface area (Å²) in [5, 5.41) is 0. The average Bonchev–Trinajstić information content (AvgIpc) is 1.99. The van der Waals surface area contributed by atoms with E-state index < -0.39 is 0 Å². The molecule has 1 saturated carbocycles. The molecule has 0 N–H and O–H groups in total. The van der Waals surface area contributed by atoms with Gasteiger partial charge in [0.1, 0.15) is 5.75 Å².